The van der Waals surface area contributed by atoms with Gasteiger partial charge in [0.05, 0.1) is 11.6 Å². The van der Waals surface area contributed by atoms with E-state index < -0.39 is 0 Å². The molecule has 19 heavy (non-hydrogen) atoms. The lowest BCUT2D eigenvalue weighted by Crippen LogP contribution is -2.19. The monoisotopic (exact) mass is 257 g/mol. The zero-order valence-electron chi connectivity index (χ0n) is 11.1. The highest BCUT2D eigenvalue weighted by atomic mass is 15.1. The first-order chi connectivity index (χ1) is 9.35. The highest BCUT2D eigenvalue weighted by molar-refractivity contribution is 5.73. The summed E-state index contributed by atoms with van der Waals surface area (Å²) in [5.74, 6) is 3.53. The highest BCUT2D eigenvalue weighted by Gasteiger charge is 2.40. The van der Waals surface area contributed by atoms with Crippen molar-refractivity contribution in [3.05, 3.63) is 18.0 Å². The molecule has 1 saturated carbocycles. The van der Waals surface area contributed by atoms with E-state index >= 15 is 0 Å². The van der Waals surface area contributed by atoms with Crippen molar-refractivity contribution in [3.63, 3.8) is 0 Å². The Morgan fingerprint density at radius 1 is 1.26 bits per heavy atom. The maximum atomic E-state index is 4.69. The molecule has 2 fully saturated rings. The van der Waals surface area contributed by atoms with Gasteiger partial charge in [0, 0.05) is 7.05 Å². The number of imidazole rings is 1. The van der Waals surface area contributed by atoms with Gasteiger partial charge in [0.2, 0.25) is 0 Å². The Kier molecular flexibility index (Phi) is 2.48. The summed E-state index contributed by atoms with van der Waals surface area (Å²) < 4.78 is 0. The van der Waals surface area contributed by atoms with Gasteiger partial charge in [-0.15, -0.1) is 0 Å². The molecule has 0 aromatic carbocycles. The third kappa shape index (κ3) is 1.72. The Morgan fingerprint density at radius 2 is 2.21 bits per heavy atom. The van der Waals surface area contributed by atoms with Crippen LogP contribution in [0.15, 0.2) is 12.1 Å². The van der Waals surface area contributed by atoms with Gasteiger partial charge in [-0.05, 0) is 43.4 Å². The largest absolute Gasteiger partial charge is 0.373 e. The minimum absolute atomic E-state index is 0.389. The number of fused-ring (bicyclic) bond motifs is 2. The molecule has 1 saturated heterocycles. The summed E-state index contributed by atoms with van der Waals surface area (Å²) in [5.41, 5.74) is 1.84. The molecule has 2 aromatic heterocycles. The van der Waals surface area contributed by atoms with Crippen LogP contribution in [0.3, 0.4) is 0 Å². The topological polar surface area (TPSA) is 65.6 Å². The fourth-order valence-electron chi connectivity index (χ4n) is 3.68. The molecule has 0 amide bonds. The second-order valence-electron chi connectivity index (χ2n) is 5.68. The second kappa shape index (κ2) is 4.20. The van der Waals surface area contributed by atoms with Crippen LogP contribution in [0.1, 0.15) is 31.1 Å². The summed E-state index contributed by atoms with van der Waals surface area (Å²) in [7, 11) is 1.88. The second-order valence-corrected chi connectivity index (χ2v) is 5.68. The van der Waals surface area contributed by atoms with Crippen LogP contribution in [0, 0.1) is 11.8 Å². The zero-order valence-corrected chi connectivity index (χ0v) is 11.1. The van der Waals surface area contributed by atoms with E-state index in [0.29, 0.717) is 6.04 Å². The van der Waals surface area contributed by atoms with Crippen LogP contribution in [0.5, 0.6) is 0 Å². The summed E-state index contributed by atoms with van der Waals surface area (Å²) in [6, 6.07) is 4.41. The summed E-state index contributed by atoms with van der Waals surface area (Å²) >= 11 is 0. The van der Waals surface area contributed by atoms with Crippen LogP contribution < -0.4 is 10.6 Å². The number of nitrogens with zero attached hydrogens (tertiary/aromatic N) is 2. The van der Waals surface area contributed by atoms with Crippen molar-refractivity contribution in [2.45, 2.75) is 25.3 Å². The fraction of sp³-hybridized carbons (Fsp3) is 0.571. The predicted molar refractivity (Wildman–Crippen MR) is 75.0 cm³/mol. The molecular formula is C14H19N5. The molecular weight excluding hydrogens is 238 g/mol. The minimum atomic E-state index is 0.389. The fourth-order valence-corrected chi connectivity index (χ4v) is 3.68. The number of hydrogen-bond donors (Lipinski definition) is 3. The molecule has 5 nitrogen and oxygen atoms in total. The van der Waals surface area contributed by atoms with E-state index in [2.05, 4.69) is 20.6 Å². The molecule has 3 unspecified atom stereocenters. The lowest BCUT2D eigenvalue weighted by molar-refractivity contribution is 0.410. The smallest absolute Gasteiger partial charge is 0.179 e. The molecule has 3 atom stereocenters. The number of rotatable bonds is 2. The van der Waals surface area contributed by atoms with Crippen LogP contribution in [0.2, 0.25) is 0 Å². The summed E-state index contributed by atoms with van der Waals surface area (Å²) in [4.78, 5) is 12.6. The number of hydrogen-bond acceptors (Lipinski definition) is 4. The van der Waals surface area contributed by atoms with Gasteiger partial charge in [0.1, 0.15) is 11.6 Å². The summed E-state index contributed by atoms with van der Waals surface area (Å²) in [6.07, 6.45) is 4.07. The zero-order chi connectivity index (χ0) is 12.8. The van der Waals surface area contributed by atoms with E-state index in [1.54, 1.807) is 0 Å². The first kappa shape index (κ1) is 11.2. The normalized spacial score (nSPS) is 29.8. The molecule has 1 aliphatic heterocycles. The minimum Gasteiger partial charge on any atom is -0.373 e. The van der Waals surface area contributed by atoms with E-state index in [4.69, 9.17) is 4.98 Å². The Morgan fingerprint density at radius 3 is 3.11 bits per heavy atom. The van der Waals surface area contributed by atoms with Crippen LogP contribution >= 0.6 is 0 Å². The summed E-state index contributed by atoms with van der Waals surface area (Å²) in [6.45, 7) is 1.14. The van der Waals surface area contributed by atoms with Gasteiger partial charge >= 0.3 is 0 Å². The maximum Gasteiger partial charge on any atom is 0.179 e. The van der Waals surface area contributed by atoms with Crippen molar-refractivity contribution < 1.29 is 0 Å². The average Bonchev–Trinajstić information content (AvgIpc) is 3.11. The number of nitrogens with one attached hydrogen (secondary N) is 3. The van der Waals surface area contributed by atoms with Crippen molar-refractivity contribution >= 4 is 17.0 Å². The van der Waals surface area contributed by atoms with E-state index in [1.165, 1.54) is 19.3 Å². The van der Waals surface area contributed by atoms with Crippen molar-refractivity contribution in [2.24, 2.45) is 11.8 Å². The third-order valence-electron chi connectivity index (χ3n) is 4.66. The van der Waals surface area contributed by atoms with Gasteiger partial charge in [-0.25, -0.2) is 9.97 Å². The van der Waals surface area contributed by atoms with Crippen molar-refractivity contribution in [1.29, 1.82) is 0 Å². The van der Waals surface area contributed by atoms with Gasteiger partial charge < -0.3 is 15.6 Å². The molecule has 0 bridgehead atoms. The standard InChI is InChI=1S/C14H19N5/c1-15-11-6-5-10-13(18-11)19-14(17-10)12-9-4-2-3-8(9)7-16-12/h5-6,8-9,12,16H,2-4,7H2,1H3,(H2,15,17,18,19). The van der Waals surface area contributed by atoms with Crippen LogP contribution in [0.4, 0.5) is 5.82 Å². The molecule has 5 heteroatoms. The summed E-state index contributed by atoms with van der Waals surface area (Å²) in [5, 5.41) is 6.68. The van der Waals surface area contributed by atoms with Crippen molar-refractivity contribution in [2.75, 3.05) is 18.9 Å². The molecule has 2 aromatic rings. The molecule has 4 rings (SSSR count). The first-order valence-corrected chi connectivity index (χ1v) is 7.13. The van der Waals surface area contributed by atoms with Gasteiger partial charge in [-0.3, -0.25) is 0 Å². The lowest BCUT2D eigenvalue weighted by atomic mass is 9.94. The Hall–Kier alpha value is -1.62. The molecule has 3 heterocycles. The average molecular weight is 257 g/mol. The van der Waals surface area contributed by atoms with Crippen molar-refractivity contribution in [1.82, 2.24) is 20.3 Å². The van der Waals surface area contributed by atoms with Crippen LogP contribution in [-0.2, 0) is 0 Å². The van der Waals surface area contributed by atoms with Crippen molar-refractivity contribution in [3.8, 4) is 0 Å². The van der Waals surface area contributed by atoms with Gasteiger partial charge in [-0.1, -0.05) is 6.42 Å². The Balaban J connectivity index is 1.71. The molecule has 3 N–H and O–H groups in total. The number of aromatic amines is 1. The van der Waals surface area contributed by atoms with Gasteiger partial charge in [0.15, 0.2) is 5.65 Å². The maximum absolute atomic E-state index is 4.69. The van der Waals surface area contributed by atoms with Crippen LogP contribution in [-0.4, -0.2) is 28.5 Å². The molecule has 1 aliphatic carbocycles. The predicted octanol–water partition coefficient (Wildman–Crippen LogP) is 2.06. The van der Waals surface area contributed by atoms with Gasteiger partial charge in [0.25, 0.3) is 0 Å². The Labute approximate surface area is 112 Å². The molecule has 2 aliphatic rings. The quantitative estimate of drug-likeness (QED) is 0.770. The number of pyridine rings is 1. The van der Waals surface area contributed by atoms with E-state index in [9.17, 15) is 0 Å². The highest BCUT2D eigenvalue weighted by Crippen LogP contribution is 2.43. The molecule has 100 valence electrons. The first-order valence-electron chi connectivity index (χ1n) is 7.13. The number of H-pyrrole nitrogens is 1. The van der Waals surface area contributed by atoms with Gasteiger partial charge in [-0.2, -0.15) is 0 Å². The number of aromatic nitrogens is 3. The van der Waals surface area contributed by atoms with E-state index in [0.717, 1.165) is 41.2 Å². The lowest BCUT2D eigenvalue weighted by Gasteiger charge is -2.15. The number of anilines is 1. The molecule has 0 spiro atoms. The van der Waals surface area contributed by atoms with E-state index in [1.807, 2.05) is 19.2 Å². The molecule has 0 radical (unpaired) electrons. The third-order valence-corrected chi connectivity index (χ3v) is 4.66. The Bertz CT molecular complexity index is 605. The van der Waals surface area contributed by atoms with Crippen LogP contribution in [0.25, 0.3) is 11.2 Å². The SMILES string of the molecule is CNc1ccc2[nH]c(C3NCC4CCCC43)nc2n1. The van der Waals surface area contributed by atoms with E-state index in [-0.39, 0.29) is 0 Å².